The normalized spacial score (nSPS) is 13.0. The van der Waals surface area contributed by atoms with Crippen molar-refractivity contribution in [3.05, 3.63) is 191 Å². The SMILES string of the molecule is C=CCc1ccc(C(CC(C)c2ccccc2CC(=C)C)CC(CCc2ccccc2CC=C)c2ccc(CC(=C)C)cc2)cc1. The number of aryl methyl sites for hydroxylation is 1. The lowest BCUT2D eigenvalue weighted by molar-refractivity contribution is 0.457. The van der Waals surface area contributed by atoms with Gasteiger partial charge >= 0.3 is 0 Å². The Morgan fingerprint density at radius 3 is 1.74 bits per heavy atom. The van der Waals surface area contributed by atoms with Crippen molar-refractivity contribution in [2.45, 2.75) is 89.9 Å². The zero-order chi connectivity index (χ0) is 32.9. The third-order valence-electron chi connectivity index (χ3n) is 9.32. The van der Waals surface area contributed by atoms with Crippen molar-refractivity contribution in [2.75, 3.05) is 0 Å². The smallest absolute Gasteiger partial charge is 0.00697 e. The van der Waals surface area contributed by atoms with E-state index in [-0.39, 0.29) is 0 Å². The van der Waals surface area contributed by atoms with Gasteiger partial charge in [0.2, 0.25) is 0 Å². The Labute approximate surface area is 280 Å². The summed E-state index contributed by atoms with van der Waals surface area (Å²) in [4.78, 5) is 0. The molecule has 0 heterocycles. The monoisotopic (exact) mass is 606 g/mol. The molecule has 0 nitrogen and oxygen atoms in total. The van der Waals surface area contributed by atoms with Crippen LogP contribution in [0.25, 0.3) is 0 Å². The van der Waals surface area contributed by atoms with E-state index in [9.17, 15) is 0 Å². The van der Waals surface area contributed by atoms with Crippen LogP contribution in [-0.4, -0.2) is 0 Å². The fraction of sp³-hybridized carbons (Fsp3) is 0.304. The van der Waals surface area contributed by atoms with E-state index in [1.807, 2.05) is 12.2 Å². The summed E-state index contributed by atoms with van der Waals surface area (Å²) in [6, 6.07) is 36.7. The Morgan fingerprint density at radius 1 is 0.587 bits per heavy atom. The van der Waals surface area contributed by atoms with Gasteiger partial charge in [-0.3, -0.25) is 0 Å². The predicted molar refractivity (Wildman–Crippen MR) is 202 cm³/mol. The molecule has 238 valence electrons. The molecule has 0 fully saturated rings. The molecule has 0 saturated heterocycles. The number of hydrogen-bond acceptors (Lipinski definition) is 0. The zero-order valence-electron chi connectivity index (χ0n) is 28.6. The summed E-state index contributed by atoms with van der Waals surface area (Å²) < 4.78 is 0. The minimum atomic E-state index is 0.425. The van der Waals surface area contributed by atoms with Crippen LogP contribution in [0.4, 0.5) is 0 Å². The second-order valence-corrected chi connectivity index (χ2v) is 13.5. The molecule has 0 aliphatic carbocycles. The Balaban J connectivity index is 1.69. The molecule has 0 spiro atoms. The van der Waals surface area contributed by atoms with Crippen LogP contribution in [0.5, 0.6) is 0 Å². The minimum Gasteiger partial charge on any atom is -0.103 e. The number of hydrogen-bond donors (Lipinski definition) is 0. The van der Waals surface area contributed by atoms with Crippen molar-refractivity contribution in [3.63, 3.8) is 0 Å². The van der Waals surface area contributed by atoms with Gasteiger partial charge in [-0.1, -0.05) is 140 Å². The Hall–Kier alpha value is -4.16. The maximum Gasteiger partial charge on any atom is -0.00697 e. The van der Waals surface area contributed by atoms with E-state index in [1.165, 1.54) is 55.7 Å². The molecule has 0 aromatic heterocycles. The maximum absolute atomic E-state index is 4.22. The summed E-state index contributed by atoms with van der Waals surface area (Å²) in [7, 11) is 0. The average molecular weight is 607 g/mol. The van der Waals surface area contributed by atoms with Crippen molar-refractivity contribution in [1.82, 2.24) is 0 Å². The topological polar surface area (TPSA) is 0 Å². The molecule has 0 heteroatoms. The van der Waals surface area contributed by atoms with Crippen LogP contribution in [0.3, 0.4) is 0 Å². The highest BCUT2D eigenvalue weighted by atomic mass is 14.3. The first kappa shape index (κ1) is 34.7. The van der Waals surface area contributed by atoms with Crippen molar-refractivity contribution < 1.29 is 0 Å². The van der Waals surface area contributed by atoms with Gasteiger partial charge < -0.3 is 0 Å². The molecule has 0 radical (unpaired) electrons. The Morgan fingerprint density at radius 2 is 1.13 bits per heavy atom. The van der Waals surface area contributed by atoms with Crippen LogP contribution >= 0.6 is 0 Å². The number of rotatable bonds is 18. The molecular formula is C46H54. The summed E-state index contributed by atoms with van der Waals surface area (Å²) in [5.41, 5.74) is 13.6. The summed E-state index contributed by atoms with van der Waals surface area (Å²) in [5.74, 6) is 1.29. The second-order valence-electron chi connectivity index (χ2n) is 13.5. The average Bonchev–Trinajstić information content (AvgIpc) is 3.04. The van der Waals surface area contributed by atoms with Crippen LogP contribution < -0.4 is 0 Å². The van der Waals surface area contributed by atoms with E-state index in [0.29, 0.717) is 17.8 Å². The van der Waals surface area contributed by atoms with Crippen molar-refractivity contribution in [1.29, 1.82) is 0 Å². The Kier molecular flexibility index (Phi) is 13.2. The molecule has 0 N–H and O–H groups in total. The molecule has 3 atom stereocenters. The largest absolute Gasteiger partial charge is 0.103 e. The van der Waals surface area contributed by atoms with Gasteiger partial charge in [0.05, 0.1) is 0 Å². The fourth-order valence-electron chi connectivity index (χ4n) is 7.02. The summed E-state index contributed by atoms with van der Waals surface area (Å²) >= 11 is 0. The van der Waals surface area contributed by atoms with Crippen LogP contribution in [0.15, 0.2) is 147 Å². The fourth-order valence-corrected chi connectivity index (χ4v) is 7.02. The quantitative estimate of drug-likeness (QED) is 0.0988. The van der Waals surface area contributed by atoms with E-state index in [4.69, 9.17) is 0 Å². The molecular weight excluding hydrogens is 553 g/mol. The van der Waals surface area contributed by atoms with Gasteiger partial charge in [0.1, 0.15) is 0 Å². The van der Waals surface area contributed by atoms with Gasteiger partial charge in [0.25, 0.3) is 0 Å². The van der Waals surface area contributed by atoms with Crippen molar-refractivity contribution in [2.24, 2.45) is 0 Å². The van der Waals surface area contributed by atoms with Crippen LogP contribution in [0.1, 0.15) is 102 Å². The summed E-state index contributed by atoms with van der Waals surface area (Å²) in [6.45, 7) is 23.0. The van der Waals surface area contributed by atoms with Gasteiger partial charge in [-0.2, -0.15) is 0 Å². The van der Waals surface area contributed by atoms with Gasteiger partial charge in [-0.25, -0.2) is 0 Å². The molecule has 4 aromatic carbocycles. The third kappa shape index (κ3) is 10.2. The van der Waals surface area contributed by atoms with Gasteiger partial charge in [0.15, 0.2) is 0 Å². The number of allylic oxidation sites excluding steroid dienone is 4. The van der Waals surface area contributed by atoms with Gasteiger partial charge in [-0.15, -0.1) is 13.2 Å². The van der Waals surface area contributed by atoms with Crippen molar-refractivity contribution >= 4 is 0 Å². The van der Waals surface area contributed by atoms with E-state index >= 15 is 0 Å². The molecule has 0 aliphatic rings. The van der Waals surface area contributed by atoms with Crippen LogP contribution in [-0.2, 0) is 32.1 Å². The number of benzene rings is 4. The molecule has 46 heavy (non-hydrogen) atoms. The lowest BCUT2D eigenvalue weighted by atomic mass is 9.76. The highest BCUT2D eigenvalue weighted by Gasteiger charge is 2.24. The first-order chi connectivity index (χ1) is 22.3. The molecule has 0 aliphatic heterocycles. The van der Waals surface area contributed by atoms with Crippen LogP contribution in [0.2, 0.25) is 0 Å². The van der Waals surface area contributed by atoms with E-state index in [1.54, 1.807) is 0 Å². The molecule has 0 amide bonds. The lowest BCUT2D eigenvalue weighted by Crippen LogP contribution is -2.12. The van der Waals surface area contributed by atoms with Crippen LogP contribution in [0, 0.1) is 0 Å². The minimum absolute atomic E-state index is 0.425. The molecule has 0 bridgehead atoms. The maximum atomic E-state index is 4.22. The first-order valence-corrected chi connectivity index (χ1v) is 17.1. The highest BCUT2D eigenvalue weighted by molar-refractivity contribution is 5.35. The van der Waals surface area contributed by atoms with E-state index in [2.05, 4.69) is 144 Å². The summed E-state index contributed by atoms with van der Waals surface area (Å²) in [5, 5.41) is 0. The van der Waals surface area contributed by atoms with Crippen molar-refractivity contribution in [3.8, 4) is 0 Å². The second kappa shape index (κ2) is 17.5. The van der Waals surface area contributed by atoms with Gasteiger partial charge in [0, 0.05) is 0 Å². The van der Waals surface area contributed by atoms with Gasteiger partial charge in [-0.05, 0) is 127 Å². The summed E-state index contributed by atoms with van der Waals surface area (Å²) in [6.07, 6.45) is 12.1. The first-order valence-electron chi connectivity index (χ1n) is 17.1. The molecule has 4 rings (SSSR count). The highest BCUT2D eigenvalue weighted by Crippen LogP contribution is 2.40. The molecule has 3 unspecified atom stereocenters. The molecule has 4 aromatic rings. The van der Waals surface area contributed by atoms with E-state index in [0.717, 1.165) is 51.4 Å². The zero-order valence-corrected chi connectivity index (χ0v) is 28.6. The third-order valence-corrected chi connectivity index (χ3v) is 9.32. The lowest BCUT2D eigenvalue weighted by Gasteiger charge is -2.28. The van der Waals surface area contributed by atoms with E-state index < -0.39 is 0 Å². The Bertz CT molecular complexity index is 1580. The molecule has 0 saturated carbocycles. The predicted octanol–water partition coefficient (Wildman–Crippen LogP) is 12.5. The standard InChI is InChI=1S/C46H54/c1-8-14-37-20-24-42(25-21-37)45(32-36(7)46-19-13-12-18-44(46)31-35(5)6)33-43(41-26-22-38(23-27-41)30-34(3)4)29-28-40-17-11-10-16-39(40)15-9-2/h8-13,16-27,36,43,45H,1-3,5,14-15,28-33H2,4,6-7H3.